The van der Waals surface area contributed by atoms with E-state index in [4.69, 9.17) is 23.7 Å². The third-order valence-corrected chi connectivity index (χ3v) is 6.46. The van der Waals surface area contributed by atoms with Crippen LogP contribution in [0.4, 0.5) is 0 Å². The highest BCUT2D eigenvalue weighted by molar-refractivity contribution is 5.78. The molecule has 2 aromatic rings. The van der Waals surface area contributed by atoms with E-state index in [9.17, 15) is 4.79 Å². The smallest absolute Gasteiger partial charge is 0.317 e. The standard InChI is InChI=1S/C28H38O6/c1-6-28(2,3)27(29)34-25-17-10-8-15-23(25)32-22-14-7-9-16-24(22)33-26-20(18-30-4)12-11-13-21(26)19-31-5/h8,10-13,15,17,22,24H,6-7,9,14,16,18-19H2,1-5H3. The minimum atomic E-state index is -0.563. The Hall–Kier alpha value is -2.57. The Morgan fingerprint density at radius 1 is 0.853 bits per heavy atom. The second-order valence-electron chi connectivity index (χ2n) is 9.44. The molecule has 0 radical (unpaired) electrons. The first-order chi connectivity index (χ1) is 16.4. The average molecular weight is 471 g/mol. The zero-order chi connectivity index (χ0) is 24.6. The zero-order valence-electron chi connectivity index (χ0n) is 21.1. The van der Waals surface area contributed by atoms with E-state index in [0.29, 0.717) is 31.1 Å². The van der Waals surface area contributed by atoms with Gasteiger partial charge in [0.1, 0.15) is 18.0 Å². The predicted octanol–water partition coefficient (Wildman–Crippen LogP) is 6.09. The largest absolute Gasteiger partial charge is 0.486 e. The van der Waals surface area contributed by atoms with Gasteiger partial charge in [-0.25, -0.2) is 0 Å². The first-order valence-electron chi connectivity index (χ1n) is 12.1. The molecule has 34 heavy (non-hydrogen) atoms. The molecule has 0 amide bonds. The van der Waals surface area contributed by atoms with Crippen LogP contribution in [0.25, 0.3) is 0 Å². The molecule has 0 aromatic heterocycles. The summed E-state index contributed by atoms with van der Waals surface area (Å²) in [6.45, 7) is 6.67. The lowest BCUT2D eigenvalue weighted by atomic mass is 9.91. The zero-order valence-corrected chi connectivity index (χ0v) is 21.1. The number of benzene rings is 2. The maximum Gasteiger partial charge on any atom is 0.317 e. The molecule has 2 atom stereocenters. The molecule has 2 aromatic carbocycles. The summed E-state index contributed by atoms with van der Waals surface area (Å²) in [5.74, 6) is 1.54. The molecule has 0 bridgehead atoms. The van der Waals surface area contributed by atoms with Crippen molar-refractivity contribution in [3.05, 3.63) is 53.6 Å². The number of rotatable bonds is 11. The molecule has 0 saturated heterocycles. The van der Waals surface area contributed by atoms with Gasteiger partial charge < -0.3 is 23.7 Å². The van der Waals surface area contributed by atoms with Crippen LogP contribution in [0.15, 0.2) is 42.5 Å². The van der Waals surface area contributed by atoms with Crippen molar-refractivity contribution in [2.24, 2.45) is 5.41 Å². The lowest BCUT2D eigenvalue weighted by molar-refractivity contribution is -0.144. The summed E-state index contributed by atoms with van der Waals surface area (Å²) in [6.07, 6.45) is 4.25. The molecule has 6 nitrogen and oxygen atoms in total. The Labute approximate surface area is 203 Å². The van der Waals surface area contributed by atoms with Gasteiger partial charge in [-0.15, -0.1) is 0 Å². The topological polar surface area (TPSA) is 63.2 Å². The Kier molecular flexibility index (Phi) is 9.36. The van der Waals surface area contributed by atoms with Gasteiger partial charge in [0.05, 0.1) is 18.6 Å². The summed E-state index contributed by atoms with van der Waals surface area (Å²) in [6, 6.07) is 13.4. The Morgan fingerprint density at radius 2 is 1.41 bits per heavy atom. The number of methoxy groups -OCH3 is 2. The number of ether oxygens (including phenoxy) is 5. The van der Waals surface area contributed by atoms with Gasteiger partial charge in [0.25, 0.3) is 0 Å². The highest BCUT2D eigenvalue weighted by Gasteiger charge is 2.32. The number of hydrogen-bond acceptors (Lipinski definition) is 6. The van der Waals surface area contributed by atoms with Gasteiger partial charge in [-0.3, -0.25) is 4.79 Å². The third-order valence-electron chi connectivity index (χ3n) is 6.46. The van der Waals surface area contributed by atoms with E-state index < -0.39 is 5.41 Å². The van der Waals surface area contributed by atoms with E-state index in [-0.39, 0.29) is 18.2 Å². The quantitative estimate of drug-likeness (QED) is 0.292. The van der Waals surface area contributed by atoms with Crippen LogP contribution in [-0.2, 0) is 27.5 Å². The van der Waals surface area contributed by atoms with Crippen molar-refractivity contribution in [1.29, 1.82) is 0 Å². The van der Waals surface area contributed by atoms with Crippen molar-refractivity contribution < 1.29 is 28.5 Å². The fraction of sp³-hybridized carbons (Fsp3) is 0.536. The number of carbonyl (C=O) groups is 1. The monoisotopic (exact) mass is 470 g/mol. The van der Waals surface area contributed by atoms with E-state index in [1.54, 1.807) is 20.3 Å². The van der Waals surface area contributed by atoms with Crippen molar-refractivity contribution in [3.63, 3.8) is 0 Å². The molecule has 1 saturated carbocycles. The first-order valence-corrected chi connectivity index (χ1v) is 12.1. The van der Waals surface area contributed by atoms with Crippen molar-refractivity contribution in [3.8, 4) is 17.2 Å². The lowest BCUT2D eigenvalue weighted by Gasteiger charge is -2.33. The van der Waals surface area contributed by atoms with Crippen LogP contribution in [0.1, 0.15) is 64.0 Å². The van der Waals surface area contributed by atoms with Crippen molar-refractivity contribution in [2.45, 2.75) is 78.3 Å². The van der Waals surface area contributed by atoms with Gasteiger partial charge in [-0.1, -0.05) is 37.3 Å². The van der Waals surface area contributed by atoms with E-state index in [0.717, 1.165) is 42.6 Å². The fourth-order valence-corrected chi connectivity index (χ4v) is 3.99. The molecule has 1 aliphatic carbocycles. The van der Waals surface area contributed by atoms with Gasteiger partial charge in [-0.2, -0.15) is 0 Å². The lowest BCUT2D eigenvalue weighted by Crippen LogP contribution is -2.39. The second-order valence-corrected chi connectivity index (χ2v) is 9.44. The summed E-state index contributed by atoms with van der Waals surface area (Å²) in [4.78, 5) is 12.7. The highest BCUT2D eigenvalue weighted by atomic mass is 16.6. The molecule has 1 fully saturated rings. The number of carbonyl (C=O) groups excluding carboxylic acids is 1. The van der Waals surface area contributed by atoms with Gasteiger partial charge in [0, 0.05) is 25.3 Å². The third kappa shape index (κ3) is 6.51. The van der Waals surface area contributed by atoms with Crippen LogP contribution in [0.3, 0.4) is 0 Å². The maximum absolute atomic E-state index is 12.7. The van der Waals surface area contributed by atoms with Crippen LogP contribution < -0.4 is 14.2 Å². The Morgan fingerprint density at radius 3 is 1.97 bits per heavy atom. The summed E-state index contributed by atoms with van der Waals surface area (Å²) in [5, 5.41) is 0. The summed E-state index contributed by atoms with van der Waals surface area (Å²) >= 11 is 0. The van der Waals surface area contributed by atoms with E-state index >= 15 is 0 Å². The van der Waals surface area contributed by atoms with Crippen LogP contribution in [0.2, 0.25) is 0 Å². The van der Waals surface area contributed by atoms with Crippen LogP contribution in [0.5, 0.6) is 17.2 Å². The molecule has 3 rings (SSSR count). The van der Waals surface area contributed by atoms with Gasteiger partial charge >= 0.3 is 5.97 Å². The van der Waals surface area contributed by atoms with E-state index in [1.165, 1.54) is 0 Å². The Balaban J connectivity index is 1.82. The Bertz CT molecular complexity index is 914. The molecule has 6 heteroatoms. The van der Waals surface area contributed by atoms with Crippen molar-refractivity contribution in [1.82, 2.24) is 0 Å². The van der Waals surface area contributed by atoms with Gasteiger partial charge in [-0.05, 0) is 58.1 Å². The fourth-order valence-electron chi connectivity index (χ4n) is 3.99. The normalized spacial score (nSPS) is 18.4. The van der Waals surface area contributed by atoms with Gasteiger partial charge in [0.2, 0.25) is 0 Å². The maximum atomic E-state index is 12.7. The molecule has 0 aliphatic heterocycles. The van der Waals surface area contributed by atoms with E-state index in [1.807, 2.05) is 57.2 Å². The predicted molar refractivity (Wildman–Crippen MR) is 131 cm³/mol. The minimum Gasteiger partial charge on any atom is -0.486 e. The summed E-state index contributed by atoms with van der Waals surface area (Å²) in [5.41, 5.74) is 1.40. The summed E-state index contributed by atoms with van der Waals surface area (Å²) < 4.78 is 29.6. The molecular weight excluding hydrogens is 432 g/mol. The van der Waals surface area contributed by atoms with Gasteiger partial charge in [0.15, 0.2) is 11.5 Å². The van der Waals surface area contributed by atoms with E-state index in [2.05, 4.69) is 0 Å². The SMILES string of the molecule is CCC(C)(C)C(=O)Oc1ccccc1OC1CCCCC1Oc1c(COC)cccc1COC. The molecule has 0 N–H and O–H groups in total. The molecule has 0 spiro atoms. The minimum absolute atomic E-state index is 0.141. The number of hydrogen-bond donors (Lipinski definition) is 0. The van der Waals surface area contributed by atoms with Crippen molar-refractivity contribution >= 4 is 5.97 Å². The average Bonchev–Trinajstić information content (AvgIpc) is 2.83. The first kappa shape index (κ1) is 26.0. The molecule has 186 valence electrons. The van der Waals surface area contributed by atoms with Crippen molar-refractivity contribution in [2.75, 3.05) is 14.2 Å². The number of esters is 1. The highest BCUT2D eigenvalue weighted by Crippen LogP contribution is 2.36. The second kappa shape index (κ2) is 12.2. The molecule has 2 unspecified atom stereocenters. The van der Waals surface area contributed by atoms with Crippen LogP contribution >= 0.6 is 0 Å². The number of para-hydroxylation sites is 3. The van der Waals surface area contributed by atoms with Crippen LogP contribution in [0, 0.1) is 5.41 Å². The summed E-state index contributed by atoms with van der Waals surface area (Å²) in [7, 11) is 3.36. The molecular formula is C28H38O6. The molecule has 1 aliphatic rings. The molecule has 0 heterocycles. The van der Waals surface area contributed by atoms with Crippen LogP contribution in [-0.4, -0.2) is 32.4 Å².